The van der Waals surface area contributed by atoms with Gasteiger partial charge in [-0.25, -0.2) is 15.0 Å². The number of para-hydroxylation sites is 2. The lowest BCUT2D eigenvalue weighted by Crippen LogP contribution is -1.99. The highest BCUT2D eigenvalue weighted by molar-refractivity contribution is 7.25. The second-order valence-corrected chi connectivity index (χ2v) is 5.91. The summed E-state index contributed by atoms with van der Waals surface area (Å²) in [7, 11) is 0. The first-order valence-corrected chi connectivity index (χ1v) is 8.15. The third kappa shape index (κ3) is 2.47. The van der Waals surface area contributed by atoms with Crippen LogP contribution in [0.3, 0.4) is 0 Å². The lowest BCUT2D eigenvalue weighted by Gasteiger charge is -2.11. The fraction of sp³-hybridized carbons (Fsp3) is 0.118. The van der Waals surface area contributed by atoms with Gasteiger partial charge in [0.15, 0.2) is 5.82 Å². The Labute approximate surface area is 137 Å². The maximum atomic E-state index is 5.67. The largest absolute Gasteiger partial charge is 0.492 e. The molecule has 0 fully saturated rings. The minimum atomic E-state index is 0.616. The Morgan fingerprint density at radius 3 is 2.91 bits per heavy atom. The molecule has 0 unspecified atom stereocenters. The van der Waals surface area contributed by atoms with Crippen molar-refractivity contribution in [3.63, 3.8) is 0 Å². The van der Waals surface area contributed by atoms with Crippen LogP contribution in [0.2, 0.25) is 0 Å². The summed E-state index contributed by atoms with van der Waals surface area (Å²) in [6.07, 6.45) is 3.37. The molecule has 0 aliphatic carbocycles. The third-order valence-electron chi connectivity index (χ3n) is 3.47. The van der Waals surface area contributed by atoms with Crippen molar-refractivity contribution < 1.29 is 4.74 Å². The number of ether oxygens (including phenoxy) is 1. The number of pyridine rings is 1. The van der Waals surface area contributed by atoms with E-state index in [1.54, 1.807) is 23.9 Å². The Bertz CT molecular complexity index is 983. The van der Waals surface area contributed by atoms with Crippen molar-refractivity contribution in [3.8, 4) is 5.75 Å². The average Bonchev–Trinajstić information content (AvgIpc) is 2.97. The molecule has 5 nitrogen and oxygen atoms in total. The van der Waals surface area contributed by atoms with Crippen LogP contribution in [0.4, 0.5) is 11.5 Å². The highest BCUT2D eigenvalue weighted by Crippen LogP contribution is 2.36. The Morgan fingerprint density at radius 1 is 1.09 bits per heavy atom. The summed E-state index contributed by atoms with van der Waals surface area (Å²) in [6.45, 7) is 2.59. The van der Waals surface area contributed by atoms with Gasteiger partial charge in [0.1, 0.15) is 16.9 Å². The molecule has 0 saturated carbocycles. The topological polar surface area (TPSA) is 59.9 Å². The van der Waals surface area contributed by atoms with E-state index in [1.807, 2.05) is 43.3 Å². The lowest BCUT2D eigenvalue weighted by atomic mass is 10.2. The predicted octanol–water partition coefficient (Wildman–Crippen LogP) is 4.38. The van der Waals surface area contributed by atoms with Crippen molar-refractivity contribution in [2.75, 3.05) is 11.9 Å². The monoisotopic (exact) mass is 322 g/mol. The van der Waals surface area contributed by atoms with Crippen LogP contribution >= 0.6 is 11.3 Å². The zero-order valence-electron chi connectivity index (χ0n) is 12.5. The van der Waals surface area contributed by atoms with E-state index in [0.29, 0.717) is 6.61 Å². The quantitative estimate of drug-likeness (QED) is 0.604. The second-order valence-electron chi connectivity index (χ2n) is 4.91. The van der Waals surface area contributed by atoms with Gasteiger partial charge in [-0.15, -0.1) is 11.3 Å². The van der Waals surface area contributed by atoms with E-state index in [2.05, 4.69) is 20.3 Å². The van der Waals surface area contributed by atoms with E-state index in [-0.39, 0.29) is 0 Å². The summed E-state index contributed by atoms with van der Waals surface area (Å²) >= 11 is 1.59. The Hall–Kier alpha value is -2.73. The second kappa shape index (κ2) is 5.81. The molecule has 0 radical (unpaired) electrons. The van der Waals surface area contributed by atoms with E-state index in [0.717, 1.165) is 37.7 Å². The molecule has 1 aromatic carbocycles. The summed E-state index contributed by atoms with van der Waals surface area (Å²) in [5.74, 6) is 1.58. The molecule has 0 bridgehead atoms. The number of hydrogen-bond acceptors (Lipinski definition) is 6. The first-order valence-electron chi connectivity index (χ1n) is 7.34. The van der Waals surface area contributed by atoms with Gasteiger partial charge in [0.25, 0.3) is 0 Å². The zero-order chi connectivity index (χ0) is 15.6. The van der Waals surface area contributed by atoms with Crippen molar-refractivity contribution in [2.24, 2.45) is 0 Å². The average molecular weight is 322 g/mol. The molecule has 0 spiro atoms. The number of anilines is 2. The summed E-state index contributed by atoms with van der Waals surface area (Å²) in [6, 6.07) is 11.8. The molecule has 0 aliphatic rings. The molecule has 23 heavy (non-hydrogen) atoms. The van der Waals surface area contributed by atoms with Gasteiger partial charge >= 0.3 is 0 Å². The molecular formula is C17H14N4OS. The van der Waals surface area contributed by atoms with E-state index in [9.17, 15) is 0 Å². The fourth-order valence-corrected chi connectivity index (χ4v) is 3.52. The number of benzene rings is 1. The number of hydrogen-bond donors (Lipinski definition) is 1. The number of fused-ring (bicyclic) bond motifs is 3. The standard InChI is InChI=1S/C17H14N4OS/c1-2-22-13-8-4-3-7-12(13)21-16-15-14(19-10-20-16)11-6-5-9-18-17(11)23-15/h3-10H,2H2,1H3,(H,19,20,21). The van der Waals surface area contributed by atoms with E-state index in [4.69, 9.17) is 4.74 Å². The highest BCUT2D eigenvalue weighted by atomic mass is 32.1. The predicted molar refractivity (Wildman–Crippen MR) is 93.6 cm³/mol. The highest BCUT2D eigenvalue weighted by Gasteiger charge is 2.13. The van der Waals surface area contributed by atoms with Crippen LogP contribution in [0.1, 0.15) is 6.92 Å². The van der Waals surface area contributed by atoms with Crippen LogP contribution < -0.4 is 10.1 Å². The number of nitrogens with zero attached hydrogens (tertiary/aromatic N) is 3. The molecule has 1 N–H and O–H groups in total. The molecule has 4 rings (SSSR count). The SMILES string of the molecule is CCOc1ccccc1Nc1ncnc2c1sc1ncccc12. The van der Waals surface area contributed by atoms with E-state index in [1.165, 1.54) is 0 Å². The molecule has 0 amide bonds. The molecule has 114 valence electrons. The van der Waals surface area contributed by atoms with E-state index < -0.39 is 0 Å². The van der Waals surface area contributed by atoms with Crippen LogP contribution in [-0.2, 0) is 0 Å². The van der Waals surface area contributed by atoms with Gasteiger partial charge < -0.3 is 10.1 Å². The molecule has 3 aromatic heterocycles. The normalized spacial score (nSPS) is 11.0. The fourth-order valence-electron chi connectivity index (χ4n) is 2.48. The first kappa shape index (κ1) is 13.9. The van der Waals surface area contributed by atoms with E-state index >= 15 is 0 Å². The van der Waals surface area contributed by atoms with Gasteiger partial charge in [0.2, 0.25) is 0 Å². The summed E-state index contributed by atoms with van der Waals surface area (Å²) < 4.78 is 6.66. The van der Waals surface area contributed by atoms with Crippen molar-refractivity contribution in [1.82, 2.24) is 15.0 Å². The van der Waals surface area contributed by atoms with Crippen molar-refractivity contribution in [2.45, 2.75) is 6.92 Å². The molecule has 3 heterocycles. The molecule has 4 aromatic rings. The summed E-state index contributed by atoms with van der Waals surface area (Å²) in [4.78, 5) is 14.2. The van der Waals surface area contributed by atoms with Gasteiger partial charge in [-0.05, 0) is 31.2 Å². The van der Waals surface area contributed by atoms with Crippen LogP contribution in [-0.4, -0.2) is 21.6 Å². The molecule has 0 aliphatic heterocycles. The van der Waals surface area contributed by atoms with Crippen LogP contribution in [0.15, 0.2) is 48.9 Å². The molecule has 0 atom stereocenters. The molecule has 6 heteroatoms. The third-order valence-corrected chi connectivity index (χ3v) is 4.58. The van der Waals surface area contributed by atoms with Gasteiger partial charge in [-0.2, -0.15) is 0 Å². The summed E-state index contributed by atoms with van der Waals surface area (Å²) in [5, 5.41) is 4.42. The maximum Gasteiger partial charge on any atom is 0.152 e. The van der Waals surface area contributed by atoms with Gasteiger partial charge in [-0.3, -0.25) is 0 Å². The number of nitrogens with one attached hydrogen (secondary N) is 1. The molecular weight excluding hydrogens is 308 g/mol. The van der Waals surface area contributed by atoms with Crippen molar-refractivity contribution in [3.05, 3.63) is 48.9 Å². The van der Waals surface area contributed by atoms with Crippen LogP contribution in [0.5, 0.6) is 5.75 Å². The van der Waals surface area contributed by atoms with Crippen LogP contribution in [0, 0.1) is 0 Å². The molecule has 0 saturated heterocycles. The van der Waals surface area contributed by atoms with Gasteiger partial charge in [-0.1, -0.05) is 12.1 Å². The lowest BCUT2D eigenvalue weighted by molar-refractivity contribution is 0.342. The Kier molecular flexibility index (Phi) is 3.51. The summed E-state index contributed by atoms with van der Waals surface area (Å²) in [5.41, 5.74) is 1.81. The Balaban J connectivity index is 1.84. The maximum absolute atomic E-state index is 5.67. The van der Waals surface area contributed by atoms with Crippen LogP contribution in [0.25, 0.3) is 20.4 Å². The smallest absolute Gasteiger partial charge is 0.152 e. The minimum Gasteiger partial charge on any atom is -0.492 e. The number of thiophene rings is 1. The van der Waals surface area contributed by atoms with Crippen molar-refractivity contribution >= 4 is 43.3 Å². The Morgan fingerprint density at radius 2 is 2.00 bits per heavy atom. The number of aromatic nitrogens is 3. The van der Waals surface area contributed by atoms with Crippen molar-refractivity contribution in [1.29, 1.82) is 0 Å². The minimum absolute atomic E-state index is 0.616. The van der Waals surface area contributed by atoms with Gasteiger partial charge in [0, 0.05) is 11.6 Å². The first-order chi connectivity index (χ1) is 11.4. The zero-order valence-corrected chi connectivity index (χ0v) is 13.3. The number of rotatable bonds is 4. The van der Waals surface area contributed by atoms with Gasteiger partial charge in [0.05, 0.1) is 22.5 Å².